The summed E-state index contributed by atoms with van der Waals surface area (Å²) in [6.07, 6.45) is 1.49. The molecule has 0 unspecified atom stereocenters. The zero-order valence-electron chi connectivity index (χ0n) is 11.0. The zero-order chi connectivity index (χ0) is 14.9. The van der Waals surface area contributed by atoms with Gasteiger partial charge in [-0.1, -0.05) is 6.07 Å². The Morgan fingerprint density at radius 1 is 1.45 bits per heavy atom. The van der Waals surface area contributed by atoms with Crippen molar-refractivity contribution in [3.63, 3.8) is 0 Å². The highest BCUT2D eigenvalue weighted by atomic mass is 32.2. The van der Waals surface area contributed by atoms with Crippen LogP contribution in [0.15, 0.2) is 29.3 Å². The lowest BCUT2D eigenvalue weighted by Gasteiger charge is -2.09. The average molecular weight is 299 g/mol. The molecule has 1 aromatic heterocycles. The first-order valence-corrected chi connectivity index (χ1v) is 7.24. The third-order valence-corrected chi connectivity index (χ3v) is 4.11. The number of nitrogens with one attached hydrogen (secondary N) is 1. The largest absolute Gasteiger partial charge is 0.392 e. The third kappa shape index (κ3) is 2.81. The van der Waals surface area contributed by atoms with Gasteiger partial charge in [0.05, 0.1) is 18.0 Å². The minimum atomic E-state index is -4.08. The molecular formula is C12H14FN3O3S. The lowest BCUT2D eigenvalue weighted by Crippen LogP contribution is -2.15. The topological polar surface area (TPSA) is 84.2 Å². The van der Waals surface area contributed by atoms with Crippen LogP contribution in [0, 0.1) is 12.7 Å². The lowest BCUT2D eigenvalue weighted by molar-refractivity contribution is 0.281. The number of aromatic nitrogens is 2. The summed E-state index contributed by atoms with van der Waals surface area (Å²) < 4.78 is 41.8. The van der Waals surface area contributed by atoms with E-state index in [1.165, 1.54) is 16.9 Å². The third-order valence-electron chi connectivity index (χ3n) is 2.73. The maximum atomic E-state index is 13.7. The van der Waals surface area contributed by atoms with Gasteiger partial charge in [-0.2, -0.15) is 5.10 Å². The van der Waals surface area contributed by atoms with Crippen molar-refractivity contribution in [2.45, 2.75) is 18.4 Å². The van der Waals surface area contributed by atoms with Gasteiger partial charge < -0.3 is 5.11 Å². The van der Waals surface area contributed by atoms with Gasteiger partial charge >= 0.3 is 0 Å². The number of hydrogen-bond donors (Lipinski definition) is 2. The van der Waals surface area contributed by atoms with Gasteiger partial charge in [-0.3, -0.25) is 9.40 Å². The molecule has 1 heterocycles. The van der Waals surface area contributed by atoms with Gasteiger partial charge in [-0.25, -0.2) is 12.8 Å². The summed E-state index contributed by atoms with van der Waals surface area (Å²) in [5, 5.41) is 13.0. The van der Waals surface area contributed by atoms with Crippen LogP contribution in [0.4, 0.5) is 10.1 Å². The Morgan fingerprint density at radius 3 is 2.70 bits per heavy atom. The zero-order valence-corrected chi connectivity index (χ0v) is 11.8. The van der Waals surface area contributed by atoms with E-state index in [4.69, 9.17) is 5.11 Å². The highest BCUT2D eigenvalue weighted by Crippen LogP contribution is 2.21. The Bertz CT molecular complexity index is 740. The molecule has 0 saturated heterocycles. The number of hydrogen-bond acceptors (Lipinski definition) is 4. The van der Waals surface area contributed by atoms with E-state index in [1.807, 2.05) is 0 Å². The molecule has 0 spiro atoms. The number of aliphatic hydroxyl groups is 1. The first-order valence-electron chi connectivity index (χ1n) is 5.76. The molecule has 0 bridgehead atoms. The number of benzene rings is 1. The standard InChI is InChI=1S/C12H14FN3O3S/c1-8-11(6-16(2)14-8)15-20(18,19)12-5-9(7-17)3-4-10(12)13/h3-6,15,17H,7H2,1-2H3. The normalized spacial score (nSPS) is 11.6. The molecule has 0 fully saturated rings. The van der Waals surface area contributed by atoms with E-state index < -0.39 is 20.7 Å². The van der Waals surface area contributed by atoms with Crippen molar-refractivity contribution in [3.8, 4) is 0 Å². The summed E-state index contributed by atoms with van der Waals surface area (Å²) in [5.41, 5.74) is 1.07. The Balaban J connectivity index is 2.43. The quantitative estimate of drug-likeness (QED) is 0.887. The predicted octanol–water partition coefficient (Wildman–Crippen LogP) is 1.16. The van der Waals surface area contributed by atoms with Crippen molar-refractivity contribution >= 4 is 15.7 Å². The van der Waals surface area contributed by atoms with Crippen molar-refractivity contribution in [1.82, 2.24) is 9.78 Å². The average Bonchev–Trinajstić information content (AvgIpc) is 2.67. The van der Waals surface area contributed by atoms with Crippen molar-refractivity contribution in [1.29, 1.82) is 0 Å². The lowest BCUT2D eigenvalue weighted by atomic mass is 10.2. The fraction of sp³-hybridized carbons (Fsp3) is 0.250. The van der Waals surface area contributed by atoms with E-state index in [9.17, 15) is 12.8 Å². The number of halogens is 1. The smallest absolute Gasteiger partial charge is 0.264 e. The first kappa shape index (κ1) is 14.5. The Kier molecular flexibility index (Phi) is 3.78. The molecule has 0 atom stereocenters. The summed E-state index contributed by atoms with van der Waals surface area (Å²) >= 11 is 0. The molecule has 0 saturated carbocycles. The molecule has 108 valence electrons. The fourth-order valence-electron chi connectivity index (χ4n) is 1.75. The highest BCUT2D eigenvalue weighted by molar-refractivity contribution is 7.92. The Morgan fingerprint density at radius 2 is 2.15 bits per heavy atom. The molecule has 6 nitrogen and oxygen atoms in total. The molecule has 0 aliphatic carbocycles. The molecule has 0 amide bonds. The minimum absolute atomic E-state index is 0.279. The number of rotatable bonds is 4. The maximum Gasteiger partial charge on any atom is 0.264 e. The van der Waals surface area contributed by atoms with Crippen LogP contribution in [0.25, 0.3) is 0 Å². The number of aryl methyl sites for hydroxylation is 2. The number of anilines is 1. The molecule has 8 heteroatoms. The van der Waals surface area contributed by atoms with E-state index in [1.54, 1.807) is 14.0 Å². The van der Waals surface area contributed by atoms with Crippen LogP contribution in [0.5, 0.6) is 0 Å². The predicted molar refractivity (Wildman–Crippen MR) is 71.1 cm³/mol. The Hall–Kier alpha value is -1.93. The minimum Gasteiger partial charge on any atom is -0.392 e. The second kappa shape index (κ2) is 5.22. The van der Waals surface area contributed by atoms with E-state index in [0.717, 1.165) is 12.1 Å². The first-order chi connectivity index (χ1) is 9.33. The monoisotopic (exact) mass is 299 g/mol. The second-order valence-electron chi connectivity index (χ2n) is 4.33. The molecule has 0 radical (unpaired) electrons. The molecule has 2 aromatic rings. The van der Waals surface area contributed by atoms with Gasteiger partial charge in [-0.05, 0) is 24.6 Å². The number of nitrogens with zero attached hydrogens (tertiary/aromatic N) is 2. The Labute approximate surface area is 115 Å². The highest BCUT2D eigenvalue weighted by Gasteiger charge is 2.21. The molecule has 2 N–H and O–H groups in total. The summed E-state index contributed by atoms with van der Waals surface area (Å²) in [7, 11) is -2.42. The van der Waals surface area contributed by atoms with Crippen LogP contribution in [-0.2, 0) is 23.7 Å². The van der Waals surface area contributed by atoms with Gasteiger partial charge in [-0.15, -0.1) is 0 Å². The van der Waals surface area contributed by atoms with E-state index in [-0.39, 0.29) is 12.3 Å². The summed E-state index contributed by atoms with van der Waals surface area (Å²) in [4.78, 5) is -0.507. The van der Waals surface area contributed by atoms with Gasteiger partial charge in [0.15, 0.2) is 0 Å². The van der Waals surface area contributed by atoms with Crippen LogP contribution < -0.4 is 4.72 Å². The number of sulfonamides is 1. The van der Waals surface area contributed by atoms with Gasteiger partial charge in [0.2, 0.25) is 0 Å². The molecule has 2 rings (SSSR count). The molecule has 1 aromatic carbocycles. The van der Waals surface area contributed by atoms with E-state index >= 15 is 0 Å². The van der Waals surface area contributed by atoms with E-state index in [0.29, 0.717) is 11.3 Å². The van der Waals surface area contributed by atoms with Crippen LogP contribution in [0.2, 0.25) is 0 Å². The van der Waals surface area contributed by atoms with E-state index in [2.05, 4.69) is 9.82 Å². The maximum absolute atomic E-state index is 13.7. The summed E-state index contributed by atoms with van der Waals surface area (Å²) in [6.45, 7) is 1.27. The van der Waals surface area contributed by atoms with Crippen LogP contribution in [-0.4, -0.2) is 23.3 Å². The fourth-order valence-corrected chi connectivity index (χ4v) is 2.98. The van der Waals surface area contributed by atoms with Crippen LogP contribution in [0.1, 0.15) is 11.3 Å². The molecule has 0 aliphatic rings. The van der Waals surface area contributed by atoms with Crippen molar-refractivity contribution < 1.29 is 17.9 Å². The van der Waals surface area contributed by atoms with Crippen molar-refractivity contribution in [2.24, 2.45) is 7.05 Å². The SMILES string of the molecule is Cc1nn(C)cc1NS(=O)(=O)c1cc(CO)ccc1F. The summed E-state index contributed by atoms with van der Waals surface area (Å²) in [5.74, 6) is -0.878. The molecule has 0 aliphatic heterocycles. The van der Waals surface area contributed by atoms with Crippen molar-refractivity contribution in [3.05, 3.63) is 41.5 Å². The second-order valence-corrected chi connectivity index (χ2v) is 5.98. The molecular weight excluding hydrogens is 285 g/mol. The summed E-state index contributed by atoms with van der Waals surface area (Å²) in [6, 6.07) is 3.43. The van der Waals surface area contributed by atoms with Crippen LogP contribution in [0.3, 0.4) is 0 Å². The van der Waals surface area contributed by atoms with Crippen molar-refractivity contribution in [2.75, 3.05) is 4.72 Å². The number of aliphatic hydroxyl groups excluding tert-OH is 1. The molecule has 20 heavy (non-hydrogen) atoms. The van der Waals surface area contributed by atoms with Gasteiger partial charge in [0, 0.05) is 13.2 Å². The van der Waals surface area contributed by atoms with Gasteiger partial charge in [0.1, 0.15) is 10.7 Å². The van der Waals surface area contributed by atoms with Gasteiger partial charge in [0.25, 0.3) is 10.0 Å². The van der Waals surface area contributed by atoms with Crippen LogP contribution >= 0.6 is 0 Å².